The van der Waals surface area contributed by atoms with Crippen LogP contribution in [0.5, 0.6) is 0 Å². The Balaban J connectivity index is 1.72. The van der Waals surface area contributed by atoms with E-state index in [-0.39, 0.29) is 23.8 Å². The van der Waals surface area contributed by atoms with E-state index in [2.05, 4.69) is 13.0 Å². The summed E-state index contributed by atoms with van der Waals surface area (Å²) >= 11 is 1.45. The number of rotatable bonds is 5. The molecule has 32 heavy (non-hydrogen) atoms. The van der Waals surface area contributed by atoms with Crippen molar-refractivity contribution in [2.45, 2.75) is 96.2 Å². The second-order valence-electron chi connectivity index (χ2n) is 9.86. The zero-order valence-electron chi connectivity index (χ0n) is 19.4. The molecule has 176 valence electrons. The molecule has 0 N–H and O–H groups in total. The van der Waals surface area contributed by atoms with Gasteiger partial charge < -0.3 is 9.64 Å². The molecule has 0 bridgehead atoms. The van der Waals surface area contributed by atoms with Crippen molar-refractivity contribution in [2.75, 3.05) is 12.0 Å². The number of methoxy groups -OCH3 is 1. The normalized spacial score (nSPS) is 28.7. The van der Waals surface area contributed by atoms with Crippen molar-refractivity contribution in [1.82, 2.24) is 0 Å². The van der Waals surface area contributed by atoms with Gasteiger partial charge in [-0.3, -0.25) is 4.79 Å². The number of hydrogen-bond acceptors (Lipinski definition) is 4. The predicted molar refractivity (Wildman–Crippen MR) is 128 cm³/mol. The fourth-order valence-electron chi connectivity index (χ4n) is 5.51. The van der Waals surface area contributed by atoms with Crippen LogP contribution >= 0.6 is 11.3 Å². The first-order chi connectivity index (χ1) is 15.5. The zero-order valence-corrected chi connectivity index (χ0v) is 20.2. The average molecular weight is 462 g/mol. The van der Waals surface area contributed by atoms with Crippen LogP contribution in [0.15, 0.2) is 12.1 Å². The Bertz CT molecular complexity index is 847. The van der Waals surface area contributed by atoms with Crippen molar-refractivity contribution in [1.29, 1.82) is 0 Å². The Morgan fingerprint density at radius 1 is 1.06 bits per heavy atom. The molecule has 0 aromatic carbocycles. The molecule has 0 atom stereocenters. The Kier molecular flexibility index (Phi) is 7.70. The van der Waals surface area contributed by atoms with Gasteiger partial charge >= 0.3 is 5.97 Å². The molecule has 4 nitrogen and oxygen atoms in total. The Hall–Kier alpha value is -1.69. The lowest BCUT2D eigenvalue weighted by Gasteiger charge is -2.38. The van der Waals surface area contributed by atoms with E-state index in [0.29, 0.717) is 42.2 Å². The molecule has 3 aliphatic carbocycles. The van der Waals surface area contributed by atoms with Gasteiger partial charge in [0.1, 0.15) is 11.0 Å². The van der Waals surface area contributed by atoms with Crippen LogP contribution < -0.4 is 4.90 Å². The van der Waals surface area contributed by atoms with Crippen LogP contribution in [-0.2, 0) is 9.53 Å². The number of carbonyl (C=O) groups excluding carboxylic acids is 2. The first kappa shape index (κ1) is 23.5. The average Bonchev–Trinajstić information content (AvgIpc) is 3.26. The van der Waals surface area contributed by atoms with Crippen molar-refractivity contribution in [3.63, 3.8) is 0 Å². The second kappa shape index (κ2) is 10.5. The quantitative estimate of drug-likeness (QED) is 0.447. The number of ether oxygens (including phenoxy) is 1. The maximum atomic E-state index is 13.9. The van der Waals surface area contributed by atoms with Gasteiger partial charge in [-0.1, -0.05) is 13.0 Å². The van der Waals surface area contributed by atoms with E-state index in [0.717, 1.165) is 49.8 Å². The van der Waals surface area contributed by atoms with Crippen molar-refractivity contribution in [2.24, 2.45) is 11.8 Å². The van der Waals surface area contributed by atoms with Gasteiger partial charge in [0, 0.05) is 16.8 Å². The topological polar surface area (TPSA) is 46.6 Å². The van der Waals surface area contributed by atoms with Gasteiger partial charge in [-0.25, -0.2) is 9.18 Å². The van der Waals surface area contributed by atoms with Crippen LogP contribution in [0.1, 0.15) is 98.5 Å². The molecule has 0 spiro atoms. The van der Waals surface area contributed by atoms with E-state index in [1.54, 1.807) is 0 Å². The van der Waals surface area contributed by atoms with Gasteiger partial charge in [-0.15, -0.1) is 11.3 Å². The molecule has 1 amide bonds. The number of thiophene rings is 1. The molecule has 6 heteroatoms. The molecule has 1 aromatic heterocycles. The molecule has 1 heterocycles. The van der Waals surface area contributed by atoms with Crippen LogP contribution in [-0.4, -0.2) is 31.2 Å². The minimum absolute atomic E-state index is 0.0166. The van der Waals surface area contributed by atoms with E-state index >= 15 is 0 Å². The van der Waals surface area contributed by atoms with E-state index in [4.69, 9.17) is 4.74 Å². The highest BCUT2D eigenvalue weighted by atomic mass is 32.1. The lowest BCUT2D eigenvalue weighted by Crippen LogP contribution is -2.46. The molecule has 4 rings (SSSR count). The molecule has 3 aliphatic rings. The van der Waals surface area contributed by atoms with Crippen LogP contribution in [0.3, 0.4) is 0 Å². The summed E-state index contributed by atoms with van der Waals surface area (Å²) in [6.07, 6.45) is 12.0. The van der Waals surface area contributed by atoms with Gasteiger partial charge in [-0.2, -0.15) is 0 Å². The number of hydrogen-bond donors (Lipinski definition) is 0. The molecule has 0 saturated heterocycles. The number of nitrogens with zero attached hydrogens (tertiary/aromatic N) is 1. The number of anilines is 1. The van der Waals surface area contributed by atoms with E-state index in [9.17, 15) is 14.0 Å². The summed E-state index contributed by atoms with van der Waals surface area (Å²) < 4.78 is 19.1. The lowest BCUT2D eigenvalue weighted by atomic mass is 9.81. The third-order valence-electron chi connectivity index (χ3n) is 7.54. The van der Waals surface area contributed by atoms with Gasteiger partial charge in [0.15, 0.2) is 0 Å². The number of amides is 1. The summed E-state index contributed by atoms with van der Waals surface area (Å²) in [4.78, 5) is 30.2. The fraction of sp³-hybridized carbons (Fsp3) is 0.692. The highest BCUT2D eigenvalue weighted by Crippen LogP contribution is 2.42. The lowest BCUT2D eigenvalue weighted by molar-refractivity contribution is -0.124. The molecule has 0 aliphatic heterocycles. The molecule has 2 saturated carbocycles. The monoisotopic (exact) mass is 461 g/mol. The summed E-state index contributed by atoms with van der Waals surface area (Å²) in [5, 5.41) is 0. The van der Waals surface area contributed by atoms with Gasteiger partial charge in [0.25, 0.3) is 0 Å². The molecule has 1 aromatic rings. The van der Waals surface area contributed by atoms with Crippen molar-refractivity contribution in [3.05, 3.63) is 21.9 Å². The zero-order chi connectivity index (χ0) is 22.7. The Morgan fingerprint density at radius 2 is 1.78 bits per heavy atom. The molecule has 0 unspecified atom stereocenters. The first-order valence-electron chi connectivity index (χ1n) is 12.4. The maximum absolute atomic E-state index is 13.9. The Morgan fingerprint density at radius 3 is 2.41 bits per heavy atom. The Labute approximate surface area is 195 Å². The predicted octanol–water partition coefficient (Wildman–Crippen LogP) is 6.93. The number of esters is 1. The standard InChI is InChI=1S/C26H36FNO3S/c1-17-8-10-19(11-9-17)25(29)28(21-14-12-20(27)13-15-21)22-16-23(18-6-4-3-5-7-18)32-24(22)26(30)31-2/h6,16-17,19-21H,3-5,7-15H2,1-2H3. The summed E-state index contributed by atoms with van der Waals surface area (Å²) in [6, 6.07) is 1.99. The van der Waals surface area contributed by atoms with E-state index in [1.807, 2.05) is 11.0 Å². The molecule has 0 radical (unpaired) electrons. The first-order valence-corrected chi connectivity index (χ1v) is 13.2. The number of halogens is 1. The highest BCUT2D eigenvalue weighted by Gasteiger charge is 2.37. The van der Waals surface area contributed by atoms with Crippen LogP contribution in [0, 0.1) is 11.8 Å². The summed E-state index contributed by atoms with van der Waals surface area (Å²) in [7, 11) is 1.40. The summed E-state index contributed by atoms with van der Waals surface area (Å²) in [5.74, 6) is 0.372. The van der Waals surface area contributed by atoms with Gasteiger partial charge in [0.05, 0.1) is 12.8 Å². The molecular weight excluding hydrogens is 425 g/mol. The maximum Gasteiger partial charge on any atom is 0.350 e. The SMILES string of the molecule is COC(=O)c1sc(C2=CCCCC2)cc1N(C(=O)C1CCC(C)CC1)C1CCC(F)CC1. The third-order valence-corrected chi connectivity index (χ3v) is 8.72. The van der Waals surface area contributed by atoms with Crippen LogP contribution in [0.25, 0.3) is 5.57 Å². The number of alkyl halides is 1. The molecular formula is C26H36FNO3S. The smallest absolute Gasteiger partial charge is 0.350 e. The summed E-state index contributed by atoms with van der Waals surface area (Å²) in [5.41, 5.74) is 1.96. The molecule has 2 fully saturated rings. The second-order valence-corrected chi connectivity index (χ2v) is 10.9. The fourth-order valence-corrected chi connectivity index (χ4v) is 6.65. The minimum atomic E-state index is -0.788. The number of carbonyl (C=O) groups is 2. The van der Waals surface area contributed by atoms with Gasteiger partial charge in [0.2, 0.25) is 5.91 Å². The minimum Gasteiger partial charge on any atom is -0.465 e. The summed E-state index contributed by atoms with van der Waals surface area (Å²) in [6.45, 7) is 2.25. The van der Waals surface area contributed by atoms with Crippen LogP contribution in [0.2, 0.25) is 0 Å². The highest BCUT2D eigenvalue weighted by molar-refractivity contribution is 7.15. The van der Waals surface area contributed by atoms with Crippen LogP contribution in [0.4, 0.5) is 10.1 Å². The van der Waals surface area contributed by atoms with Crippen molar-refractivity contribution < 1.29 is 18.7 Å². The van der Waals surface area contributed by atoms with E-state index in [1.165, 1.54) is 30.4 Å². The largest absolute Gasteiger partial charge is 0.465 e. The van der Waals surface area contributed by atoms with E-state index < -0.39 is 6.17 Å². The van der Waals surface area contributed by atoms with Crippen molar-refractivity contribution in [3.8, 4) is 0 Å². The number of allylic oxidation sites excluding steroid dienone is 2. The van der Waals surface area contributed by atoms with Crippen molar-refractivity contribution >= 4 is 34.5 Å². The van der Waals surface area contributed by atoms with Gasteiger partial charge in [-0.05, 0) is 94.6 Å². The third kappa shape index (κ3) is 5.11.